The van der Waals surface area contributed by atoms with Crippen molar-refractivity contribution in [1.29, 1.82) is 0 Å². The minimum absolute atomic E-state index is 0.0266. The van der Waals surface area contributed by atoms with Crippen molar-refractivity contribution in [1.82, 2.24) is 10.2 Å². The molecule has 0 bridgehead atoms. The van der Waals surface area contributed by atoms with Gasteiger partial charge in [-0.1, -0.05) is 13.8 Å². The van der Waals surface area contributed by atoms with E-state index in [9.17, 15) is 9.59 Å². The Hall–Kier alpha value is -1.14. The SMILES string of the molecule is COCCN(C(=O)CNC(=O)[C@@H](N)C(C)C)C(C)C. The van der Waals surface area contributed by atoms with Crippen molar-refractivity contribution < 1.29 is 14.3 Å². The fraction of sp³-hybridized carbons (Fsp3) is 0.846. The number of rotatable bonds is 8. The van der Waals surface area contributed by atoms with E-state index in [1.807, 2.05) is 27.7 Å². The van der Waals surface area contributed by atoms with E-state index in [0.717, 1.165) is 0 Å². The Morgan fingerprint density at radius 1 is 1.26 bits per heavy atom. The average Bonchev–Trinajstić information content (AvgIpc) is 2.34. The van der Waals surface area contributed by atoms with Crippen molar-refractivity contribution in [3.63, 3.8) is 0 Å². The summed E-state index contributed by atoms with van der Waals surface area (Å²) in [5.41, 5.74) is 5.71. The molecule has 0 aromatic heterocycles. The zero-order chi connectivity index (χ0) is 15.0. The molecule has 0 aromatic rings. The highest BCUT2D eigenvalue weighted by molar-refractivity contribution is 5.87. The predicted octanol–water partition coefficient (Wildman–Crippen LogP) is -0.0307. The molecule has 0 spiro atoms. The highest BCUT2D eigenvalue weighted by Gasteiger charge is 2.20. The maximum Gasteiger partial charge on any atom is 0.242 e. The van der Waals surface area contributed by atoms with E-state index in [-0.39, 0.29) is 30.3 Å². The summed E-state index contributed by atoms with van der Waals surface area (Å²) in [6.07, 6.45) is 0. The van der Waals surface area contributed by atoms with Crippen molar-refractivity contribution in [2.45, 2.75) is 39.8 Å². The number of hydrogen-bond donors (Lipinski definition) is 2. The summed E-state index contributed by atoms with van der Waals surface area (Å²) < 4.78 is 4.97. The van der Waals surface area contributed by atoms with Crippen LogP contribution in [0.25, 0.3) is 0 Å². The Labute approximate surface area is 115 Å². The quantitative estimate of drug-likeness (QED) is 0.650. The molecule has 0 fully saturated rings. The molecule has 0 aliphatic rings. The summed E-state index contributed by atoms with van der Waals surface area (Å²) in [5, 5.41) is 2.58. The second kappa shape index (κ2) is 8.87. The van der Waals surface area contributed by atoms with Crippen LogP contribution in [0.4, 0.5) is 0 Å². The van der Waals surface area contributed by atoms with Crippen molar-refractivity contribution in [2.24, 2.45) is 11.7 Å². The number of amides is 2. The maximum absolute atomic E-state index is 12.0. The number of carbonyl (C=O) groups is 2. The Morgan fingerprint density at radius 3 is 2.26 bits per heavy atom. The van der Waals surface area contributed by atoms with E-state index < -0.39 is 6.04 Å². The van der Waals surface area contributed by atoms with Crippen LogP contribution >= 0.6 is 0 Å². The Balaban J connectivity index is 4.30. The molecule has 0 saturated carbocycles. The number of methoxy groups -OCH3 is 1. The summed E-state index contributed by atoms with van der Waals surface area (Å²) >= 11 is 0. The van der Waals surface area contributed by atoms with Crippen LogP contribution in [0, 0.1) is 5.92 Å². The van der Waals surface area contributed by atoms with Gasteiger partial charge in [-0.25, -0.2) is 0 Å². The van der Waals surface area contributed by atoms with E-state index in [1.165, 1.54) is 0 Å². The molecular weight excluding hydrogens is 246 g/mol. The smallest absolute Gasteiger partial charge is 0.242 e. The first-order chi connectivity index (χ1) is 8.81. The molecule has 19 heavy (non-hydrogen) atoms. The fourth-order valence-corrected chi connectivity index (χ4v) is 1.55. The second-order valence-corrected chi connectivity index (χ2v) is 5.16. The largest absolute Gasteiger partial charge is 0.383 e. The summed E-state index contributed by atoms with van der Waals surface area (Å²) in [4.78, 5) is 25.3. The van der Waals surface area contributed by atoms with Gasteiger partial charge >= 0.3 is 0 Å². The van der Waals surface area contributed by atoms with Gasteiger partial charge in [0.15, 0.2) is 0 Å². The van der Waals surface area contributed by atoms with Gasteiger partial charge in [-0.05, 0) is 19.8 Å². The summed E-state index contributed by atoms with van der Waals surface area (Å²) in [6.45, 7) is 8.55. The van der Waals surface area contributed by atoms with E-state index in [2.05, 4.69) is 5.32 Å². The molecule has 0 aliphatic heterocycles. The molecular formula is C13H27N3O3. The molecule has 0 aliphatic carbocycles. The van der Waals surface area contributed by atoms with Crippen LogP contribution < -0.4 is 11.1 Å². The number of hydrogen-bond acceptors (Lipinski definition) is 4. The number of carbonyl (C=O) groups excluding carboxylic acids is 2. The van der Waals surface area contributed by atoms with Crippen molar-refractivity contribution >= 4 is 11.8 Å². The zero-order valence-electron chi connectivity index (χ0n) is 12.6. The van der Waals surface area contributed by atoms with Gasteiger partial charge in [0.2, 0.25) is 11.8 Å². The van der Waals surface area contributed by atoms with Crippen LogP contribution in [-0.2, 0) is 14.3 Å². The summed E-state index contributed by atoms with van der Waals surface area (Å²) in [7, 11) is 1.59. The number of nitrogens with one attached hydrogen (secondary N) is 1. The highest BCUT2D eigenvalue weighted by Crippen LogP contribution is 2.00. The Morgan fingerprint density at radius 2 is 1.84 bits per heavy atom. The average molecular weight is 273 g/mol. The van der Waals surface area contributed by atoms with Gasteiger partial charge in [0, 0.05) is 19.7 Å². The maximum atomic E-state index is 12.0. The molecule has 0 radical (unpaired) electrons. The molecule has 0 saturated heterocycles. The van der Waals surface area contributed by atoms with Crippen LogP contribution in [0.1, 0.15) is 27.7 Å². The lowest BCUT2D eigenvalue weighted by Crippen LogP contribution is -2.49. The number of nitrogens with zero attached hydrogens (tertiary/aromatic N) is 1. The first kappa shape index (κ1) is 17.9. The van der Waals surface area contributed by atoms with Crippen LogP contribution in [0.3, 0.4) is 0 Å². The monoisotopic (exact) mass is 273 g/mol. The molecule has 0 unspecified atom stereocenters. The first-order valence-corrected chi connectivity index (χ1v) is 6.63. The third-order valence-corrected chi connectivity index (χ3v) is 2.91. The molecule has 1 atom stereocenters. The Kier molecular flexibility index (Phi) is 8.34. The van der Waals surface area contributed by atoms with E-state index in [1.54, 1.807) is 12.0 Å². The third-order valence-electron chi connectivity index (χ3n) is 2.91. The molecule has 112 valence electrons. The van der Waals surface area contributed by atoms with Crippen LogP contribution in [0.15, 0.2) is 0 Å². The van der Waals surface area contributed by atoms with Gasteiger partial charge < -0.3 is 20.7 Å². The molecule has 0 heterocycles. The van der Waals surface area contributed by atoms with Crippen LogP contribution in [-0.4, -0.2) is 55.6 Å². The molecule has 2 amide bonds. The van der Waals surface area contributed by atoms with Gasteiger partial charge in [-0.15, -0.1) is 0 Å². The summed E-state index contributed by atoms with van der Waals surface area (Å²) in [6, 6.07) is -0.516. The molecule has 3 N–H and O–H groups in total. The minimum atomic E-state index is -0.584. The zero-order valence-corrected chi connectivity index (χ0v) is 12.6. The predicted molar refractivity (Wildman–Crippen MR) is 74.5 cm³/mol. The van der Waals surface area contributed by atoms with Gasteiger partial charge in [0.05, 0.1) is 19.2 Å². The standard InChI is InChI=1S/C13H27N3O3/c1-9(2)12(14)13(18)15-8-11(17)16(10(3)4)6-7-19-5/h9-10,12H,6-8,14H2,1-5H3,(H,15,18)/t12-/m0/s1. The lowest BCUT2D eigenvalue weighted by atomic mass is 10.1. The fourth-order valence-electron chi connectivity index (χ4n) is 1.55. The van der Waals surface area contributed by atoms with Gasteiger partial charge in [0.25, 0.3) is 0 Å². The van der Waals surface area contributed by atoms with Crippen LogP contribution in [0.2, 0.25) is 0 Å². The lowest BCUT2D eigenvalue weighted by molar-refractivity contribution is -0.135. The van der Waals surface area contributed by atoms with E-state index in [4.69, 9.17) is 10.5 Å². The van der Waals surface area contributed by atoms with Gasteiger partial charge in [-0.2, -0.15) is 0 Å². The second-order valence-electron chi connectivity index (χ2n) is 5.16. The molecule has 6 nitrogen and oxygen atoms in total. The van der Waals surface area contributed by atoms with Gasteiger partial charge in [0.1, 0.15) is 0 Å². The third kappa shape index (κ3) is 6.54. The topological polar surface area (TPSA) is 84.7 Å². The summed E-state index contributed by atoms with van der Waals surface area (Å²) in [5.74, 6) is -0.375. The number of nitrogens with two attached hydrogens (primary N) is 1. The van der Waals surface area contributed by atoms with Crippen LogP contribution in [0.5, 0.6) is 0 Å². The highest BCUT2D eigenvalue weighted by atomic mass is 16.5. The van der Waals surface area contributed by atoms with E-state index >= 15 is 0 Å². The van der Waals surface area contributed by atoms with Gasteiger partial charge in [-0.3, -0.25) is 9.59 Å². The lowest BCUT2D eigenvalue weighted by Gasteiger charge is -2.27. The van der Waals surface area contributed by atoms with Crippen molar-refractivity contribution in [3.8, 4) is 0 Å². The molecule has 0 rings (SSSR count). The minimum Gasteiger partial charge on any atom is -0.383 e. The molecule has 6 heteroatoms. The normalized spacial score (nSPS) is 12.6. The number of ether oxygens (including phenoxy) is 1. The molecule has 0 aromatic carbocycles. The van der Waals surface area contributed by atoms with E-state index in [0.29, 0.717) is 13.2 Å². The van der Waals surface area contributed by atoms with Crippen molar-refractivity contribution in [3.05, 3.63) is 0 Å². The van der Waals surface area contributed by atoms with Crippen molar-refractivity contribution in [2.75, 3.05) is 26.8 Å². The Bertz CT molecular complexity index is 293. The first-order valence-electron chi connectivity index (χ1n) is 6.63.